The number of rotatable bonds is 3. The molecule has 0 unspecified atom stereocenters. The zero-order valence-electron chi connectivity index (χ0n) is 22.9. The average Bonchev–Trinajstić information content (AvgIpc) is 3.45. The van der Waals surface area contributed by atoms with Crippen molar-refractivity contribution in [2.24, 2.45) is 5.41 Å². The van der Waals surface area contributed by atoms with E-state index in [0.717, 1.165) is 53.9 Å². The summed E-state index contributed by atoms with van der Waals surface area (Å²) < 4.78 is 59.0. The SMILES string of the molecule is CC1(C)C=c2ccc3c(ccc4c5ccccc5ccc34)c2=C(Cc2ccc(N3C=C(C(F)(F)F)OC3)c(F)c2)C1=O. The van der Waals surface area contributed by atoms with Gasteiger partial charge in [0.05, 0.1) is 11.9 Å². The largest absolute Gasteiger partial charge is 0.466 e. The van der Waals surface area contributed by atoms with Gasteiger partial charge in [-0.3, -0.25) is 4.79 Å². The number of benzene rings is 5. The molecule has 7 rings (SSSR count). The zero-order valence-corrected chi connectivity index (χ0v) is 22.9. The van der Waals surface area contributed by atoms with Gasteiger partial charge in [-0.1, -0.05) is 72.8 Å². The van der Waals surface area contributed by atoms with E-state index in [2.05, 4.69) is 42.5 Å². The first-order chi connectivity index (χ1) is 20.0. The highest BCUT2D eigenvalue weighted by atomic mass is 19.4. The van der Waals surface area contributed by atoms with Crippen LogP contribution in [0.3, 0.4) is 0 Å². The van der Waals surface area contributed by atoms with Gasteiger partial charge in [0.1, 0.15) is 5.82 Å². The molecule has 3 nitrogen and oxygen atoms in total. The lowest BCUT2D eigenvalue weighted by Crippen LogP contribution is -2.41. The molecule has 0 saturated heterocycles. The molecule has 0 bridgehead atoms. The molecule has 0 N–H and O–H groups in total. The molecule has 2 aliphatic rings. The lowest BCUT2D eigenvalue weighted by Gasteiger charge is -2.26. The number of allylic oxidation sites excluding steroid dienone is 1. The van der Waals surface area contributed by atoms with E-state index < -0.39 is 29.9 Å². The Balaban J connectivity index is 1.39. The predicted molar refractivity (Wildman–Crippen MR) is 158 cm³/mol. The average molecular weight is 568 g/mol. The van der Waals surface area contributed by atoms with Crippen molar-refractivity contribution in [3.63, 3.8) is 0 Å². The maximum Gasteiger partial charge on any atom is 0.450 e. The summed E-state index contributed by atoms with van der Waals surface area (Å²) in [6, 6.07) is 25.1. The summed E-state index contributed by atoms with van der Waals surface area (Å²) in [5.41, 5.74) is 0.343. The highest BCUT2D eigenvalue weighted by molar-refractivity contribution is 6.24. The minimum absolute atomic E-state index is 0.0313. The van der Waals surface area contributed by atoms with Gasteiger partial charge in [-0.2, -0.15) is 13.2 Å². The van der Waals surface area contributed by atoms with Crippen molar-refractivity contribution in [3.8, 4) is 0 Å². The van der Waals surface area contributed by atoms with Crippen LogP contribution in [0.15, 0.2) is 90.8 Å². The minimum atomic E-state index is -4.65. The molecule has 0 saturated carbocycles. The van der Waals surface area contributed by atoms with Crippen LogP contribution in [-0.2, 0) is 16.0 Å². The fourth-order valence-electron chi connectivity index (χ4n) is 6.25. The van der Waals surface area contributed by atoms with Gasteiger partial charge >= 0.3 is 6.18 Å². The van der Waals surface area contributed by atoms with Crippen LogP contribution in [0, 0.1) is 11.2 Å². The Morgan fingerprint density at radius 3 is 2.31 bits per heavy atom. The number of anilines is 1. The first-order valence-electron chi connectivity index (χ1n) is 13.6. The molecular weight excluding hydrogens is 542 g/mol. The van der Waals surface area contributed by atoms with Crippen LogP contribution < -0.4 is 15.3 Å². The van der Waals surface area contributed by atoms with E-state index in [4.69, 9.17) is 4.74 Å². The van der Waals surface area contributed by atoms with Crippen LogP contribution in [0.25, 0.3) is 44.0 Å². The number of halogens is 4. The van der Waals surface area contributed by atoms with Gasteiger partial charge in [-0.05, 0) is 74.3 Å². The summed E-state index contributed by atoms with van der Waals surface area (Å²) >= 11 is 0. The van der Waals surface area contributed by atoms with Gasteiger partial charge in [0.25, 0.3) is 0 Å². The van der Waals surface area contributed by atoms with Crippen molar-refractivity contribution < 1.29 is 27.1 Å². The van der Waals surface area contributed by atoms with E-state index in [1.165, 1.54) is 12.1 Å². The highest BCUT2D eigenvalue weighted by Crippen LogP contribution is 2.35. The number of nitrogens with zero attached hydrogens (tertiary/aromatic N) is 1. The standard InChI is InChI=1S/C35H25F4NO2/c1-34(2)17-22-9-11-26-25-10-8-21-5-3-4-6-23(21)24(25)12-13-27(26)32(22)28(33(34)41)15-20-7-14-30(29(36)16-20)40-18-31(42-19-40)35(37,38)39/h3-14,16-18H,15,19H2,1-2H3. The molecular formula is C35H25F4NO2. The third kappa shape index (κ3) is 4.14. The van der Waals surface area contributed by atoms with E-state index in [9.17, 15) is 18.0 Å². The summed E-state index contributed by atoms with van der Waals surface area (Å²) in [7, 11) is 0. The van der Waals surface area contributed by atoms with Crippen molar-refractivity contribution >= 4 is 55.4 Å². The number of fused-ring (bicyclic) bond motifs is 7. The van der Waals surface area contributed by atoms with Crippen LogP contribution in [0.4, 0.5) is 23.2 Å². The number of ketones is 1. The molecule has 7 heteroatoms. The first-order valence-corrected chi connectivity index (χ1v) is 13.6. The maximum absolute atomic E-state index is 15.3. The van der Waals surface area contributed by atoms with E-state index in [1.807, 2.05) is 38.1 Å². The monoisotopic (exact) mass is 567 g/mol. The summed E-state index contributed by atoms with van der Waals surface area (Å²) in [4.78, 5) is 15.0. The molecule has 0 spiro atoms. The first kappa shape index (κ1) is 26.3. The fourth-order valence-corrected chi connectivity index (χ4v) is 6.25. The van der Waals surface area contributed by atoms with Crippen LogP contribution in [-0.4, -0.2) is 18.7 Å². The Labute approximate surface area is 238 Å². The van der Waals surface area contributed by atoms with Gasteiger partial charge in [0, 0.05) is 17.4 Å². The molecule has 210 valence electrons. The fraction of sp³-hybridized carbons (Fsp3) is 0.171. The second-order valence-corrected chi connectivity index (χ2v) is 11.4. The van der Waals surface area contributed by atoms with E-state index in [1.54, 1.807) is 6.07 Å². The molecule has 0 amide bonds. The normalized spacial score (nSPS) is 16.5. The predicted octanol–water partition coefficient (Wildman–Crippen LogP) is 7.27. The number of Topliss-reactive ketones (excluding diaryl/α,β-unsaturated/α-hetero) is 1. The maximum atomic E-state index is 15.3. The number of hydrogen-bond acceptors (Lipinski definition) is 3. The topological polar surface area (TPSA) is 29.5 Å². The van der Waals surface area contributed by atoms with Crippen molar-refractivity contribution in [3.05, 3.63) is 113 Å². The zero-order chi connectivity index (χ0) is 29.4. The van der Waals surface area contributed by atoms with Crippen LogP contribution in [0.5, 0.6) is 0 Å². The van der Waals surface area contributed by atoms with Crippen molar-refractivity contribution in [1.29, 1.82) is 0 Å². The Bertz CT molecular complexity index is 2130. The molecule has 1 aliphatic heterocycles. The summed E-state index contributed by atoms with van der Waals surface area (Å²) in [5.74, 6) is -1.91. The third-order valence-electron chi connectivity index (χ3n) is 8.25. The van der Waals surface area contributed by atoms with Gasteiger partial charge in [0.15, 0.2) is 12.5 Å². The van der Waals surface area contributed by atoms with Crippen LogP contribution in [0.1, 0.15) is 19.4 Å². The van der Waals surface area contributed by atoms with Crippen LogP contribution >= 0.6 is 0 Å². The van der Waals surface area contributed by atoms with Crippen molar-refractivity contribution in [2.45, 2.75) is 26.4 Å². The van der Waals surface area contributed by atoms with Crippen LogP contribution in [0.2, 0.25) is 0 Å². The number of carbonyl (C=O) groups is 1. The summed E-state index contributed by atoms with van der Waals surface area (Å²) in [6.45, 7) is 3.31. The van der Waals surface area contributed by atoms with Gasteiger partial charge < -0.3 is 9.64 Å². The molecule has 1 aliphatic carbocycles. The lowest BCUT2D eigenvalue weighted by atomic mass is 9.76. The highest BCUT2D eigenvalue weighted by Gasteiger charge is 2.40. The number of carbonyl (C=O) groups excluding carboxylic acids is 1. The van der Waals surface area contributed by atoms with E-state index in [0.29, 0.717) is 11.1 Å². The Kier molecular flexibility index (Phi) is 5.74. The Hall–Kier alpha value is -4.65. The molecule has 0 atom stereocenters. The number of hydrogen-bond donors (Lipinski definition) is 0. The molecule has 42 heavy (non-hydrogen) atoms. The second-order valence-electron chi connectivity index (χ2n) is 11.4. The molecule has 0 fully saturated rings. The third-order valence-corrected chi connectivity index (χ3v) is 8.25. The molecule has 5 aromatic carbocycles. The second kappa shape index (κ2) is 9.18. The minimum Gasteiger partial charge on any atom is -0.466 e. The summed E-state index contributed by atoms with van der Waals surface area (Å²) in [5, 5.41) is 8.26. The molecule has 0 radical (unpaired) electrons. The number of alkyl halides is 3. The quantitative estimate of drug-likeness (QED) is 0.170. The molecule has 5 aromatic rings. The Morgan fingerprint density at radius 1 is 0.857 bits per heavy atom. The molecule has 1 heterocycles. The smallest absolute Gasteiger partial charge is 0.450 e. The summed E-state index contributed by atoms with van der Waals surface area (Å²) in [6.07, 6.45) is -1.73. The van der Waals surface area contributed by atoms with Crippen molar-refractivity contribution in [1.82, 2.24) is 0 Å². The van der Waals surface area contributed by atoms with Gasteiger partial charge in [-0.15, -0.1) is 0 Å². The van der Waals surface area contributed by atoms with Gasteiger partial charge in [0.2, 0.25) is 5.76 Å². The van der Waals surface area contributed by atoms with Crippen molar-refractivity contribution in [2.75, 3.05) is 11.6 Å². The number of ether oxygens (including phenoxy) is 1. The Morgan fingerprint density at radius 2 is 1.55 bits per heavy atom. The van der Waals surface area contributed by atoms with E-state index in [-0.39, 0.29) is 17.9 Å². The van der Waals surface area contributed by atoms with Gasteiger partial charge in [-0.25, -0.2) is 4.39 Å². The lowest BCUT2D eigenvalue weighted by molar-refractivity contribution is -0.126. The van der Waals surface area contributed by atoms with E-state index >= 15 is 4.39 Å². The molecule has 0 aromatic heterocycles.